The largest absolute Gasteiger partial charge is 0.480 e. The van der Waals surface area contributed by atoms with E-state index in [0.29, 0.717) is 11.4 Å². The van der Waals surface area contributed by atoms with Crippen LogP contribution in [0, 0.1) is 0 Å². The normalized spacial score (nSPS) is 13.8. The Kier molecular flexibility index (Phi) is 11.2. The Morgan fingerprint density at radius 2 is 2.00 bits per heavy atom. The van der Waals surface area contributed by atoms with Gasteiger partial charge < -0.3 is 31.8 Å². The highest BCUT2D eigenvalue weighted by Crippen LogP contribution is 2.04. The molecule has 3 unspecified atom stereocenters. The molecular formula is C16H26N6O5S2. The lowest BCUT2D eigenvalue weighted by atomic mass is 10.1. The molecule has 7 N–H and O–H groups in total. The number of hydrogen-bond donors (Lipinski definition) is 7. The summed E-state index contributed by atoms with van der Waals surface area (Å²) in [6.45, 7) is -0.387. The van der Waals surface area contributed by atoms with Crippen molar-refractivity contribution in [2.75, 3.05) is 24.3 Å². The van der Waals surface area contributed by atoms with Gasteiger partial charge in [-0.2, -0.15) is 24.4 Å². The highest BCUT2D eigenvalue weighted by Gasteiger charge is 2.27. The van der Waals surface area contributed by atoms with Crippen LogP contribution in [0.1, 0.15) is 12.1 Å². The Hall–Kier alpha value is -2.25. The van der Waals surface area contributed by atoms with Crippen LogP contribution in [0.15, 0.2) is 12.5 Å². The van der Waals surface area contributed by atoms with Crippen molar-refractivity contribution in [2.24, 2.45) is 5.73 Å². The van der Waals surface area contributed by atoms with Gasteiger partial charge in [0.2, 0.25) is 17.7 Å². The maximum Gasteiger partial charge on any atom is 0.326 e. The summed E-state index contributed by atoms with van der Waals surface area (Å²) in [6, 6.07) is -3.00. The van der Waals surface area contributed by atoms with E-state index in [1.165, 1.54) is 24.3 Å². The molecule has 1 rings (SSSR count). The SMILES string of the molecule is CSCCC(NC(=O)C(Cc1cnc[nH]1)NC(=O)CNC(=O)C(N)CS)C(=O)O. The molecule has 162 valence electrons. The third-order valence-electron chi connectivity index (χ3n) is 3.81. The smallest absolute Gasteiger partial charge is 0.326 e. The number of nitrogens with one attached hydrogen (secondary N) is 4. The highest BCUT2D eigenvalue weighted by molar-refractivity contribution is 7.98. The number of hydrogen-bond acceptors (Lipinski definition) is 8. The summed E-state index contributed by atoms with van der Waals surface area (Å²) in [5.41, 5.74) is 6.08. The Labute approximate surface area is 177 Å². The molecule has 3 amide bonds. The number of amides is 3. The summed E-state index contributed by atoms with van der Waals surface area (Å²) < 4.78 is 0. The Balaban J connectivity index is 2.76. The molecule has 0 bridgehead atoms. The second-order valence-electron chi connectivity index (χ2n) is 6.09. The summed E-state index contributed by atoms with van der Waals surface area (Å²) in [5.74, 6) is -2.32. The van der Waals surface area contributed by atoms with E-state index in [1.54, 1.807) is 0 Å². The van der Waals surface area contributed by atoms with Gasteiger partial charge in [0.25, 0.3) is 0 Å². The number of aromatic amines is 1. The molecule has 0 aromatic carbocycles. The maximum atomic E-state index is 12.6. The number of imidazole rings is 1. The number of carboxylic acid groups (broad SMARTS) is 1. The van der Waals surface area contributed by atoms with E-state index >= 15 is 0 Å². The molecule has 0 saturated carbocycles. The van der Waals surface area contributed by atoms with E-state index in [1.807, 2.05) is 6.26 Å². The molecule has 0 radical (unpaired) electrons. The number of carboxylic acids is 1. The van der Waals surface area contributed by atoms with Crippen LogP contribution in [0.3, 0.4) is 0 Å². The topological polar surface area (TPSA) is 179 Å². The van der Waals surface area contributed by atoms with Crippen molar-refractivity contribution in [3.63, 3.8) is 0 Å². The molecule has 3 atom stereocenters. The Bertz CT molecular complexity index is 687. The van der Waals surface area contributed by atoms with Crippen LogP contribution in [-0.4, -0.2) is 81.2 Å². The number of aliphatic carboxylic acids is 1. The number of carbonyl (C=O) groups excluding carboxylic acids is 3. The average Bonchev–Trinajstić information content (AvgIpc) is 3.20. The molecule has 1 aromatic heterocycles. The molecule has 0 aliphatic carbocycles. The summed E-state index contributed by atoms with van der Waals surface area (Å²) >= 11 is 5.36. The maximum absolute atomic E-state index is 12.6. The van der Waals surface area contributed by atoms with E-state index < -0.39 is 41.8 Å². The van der Waals surface area contributed by atoms with Gasteiger partial charge in [-0.25, -0.2) is 9.78 Å². The second kappa shape index (κ2) is 13.1. The van der Waals surface area contributed by atoms with Gasteiger partial charge in [-0.1, -0.05) is 0 Å². The third-order valence-corrected chi connectivity index (χ3v) is 4.85. The van der Waals surface area contributed by atoms with Gasteiger partial charge in [0, 0.05) is 24.1 Å². The number of aromatic nitrogens is 2. The number of nitrogens with two attached hydrogens (primary N) is 1. The van der Waals surface area contributed by atoms with Crippen LogP contribution < -0.4 is 21.7 Å². The van der Waals surface area contributed by atoms with Gasteiger partial charge >= 0.3 is 5.97 Å². The first-order chi connectivity index (χ1) is 13.8. The monoisotopic (exact) mass is 446 g/mol. The molecule has 0 aliphatic heterocycles. The van der Waals surface area contributed by atoms with Crippen LogP contribution in [0.2, 0.25) is 0 Å². The molecule has 13 heteroatoms. The van der Waals surface area contributed by atoms with Gasteiger partial charge in [0.15, 0.2) is 0 Å². The van der Waals surface area contributed by atoms with Crippen LogP contribution in [0.4, 0.5) is 0 Å². The van der Waals surface area contributed by atoms with Crippen molar-refractivity contribution in [3.8, 4) is 0 Å². The van der Waals surface area contributed by atoms with Crippen LogP contribution in [-0.2, 0) is 25.6 Å². The lowest BCUT2D eigenvalue weighted by molar-refractivity contribution is -0.142. The molecule has 29 heavy (non-hydrogen) atoms. The number of carbonyl (C=O) groups is 4. The van der Waals surface area contributed by atoms with Crippen LogP contribution >= 0.6 is 24.4 Å². The predicted octanol–water partition coefficient (Wildman–Crippen LogP) is -1.87. The van der Waals surface area contributed by atoms with Gasteiger partial charge in [0.1, 0.15) is 12.1 Å². The van der Waals surface area contributed by atoms with Crippen molar-refractivity contribution in [2.45, 2.75) is 31.0 Å². The molecule has 1 heterocycles. The molecule has 11 nitrogen and oxygen atoms in total. The summed E-state index contributed by atoms with van der Waals surface area (Å²) in [6.07, 6.45) is 5.04. The lowest BCUT2D eigenvalue weighted by Gasteiger charge is -2.21. The highest BCUT2D eigenvalue weighted by atomic mass is 32.2. The minimum Gasteiger partial charge on any atom is -0.480 e. The van der Waals surface area contributed by atoms with Crippen LogP contribution in [0.5, 0.6) is 0 Å². The van der Waals surface area contributed by atoms with E-state index in [-0.39, 0.29) is 25.1 Å². The molecule has 1 aromatic rings. The fourth-order valence-corrected chi connectivity index (χ4v) is 2.85. The number of H-pyrrole nitrogens is 1. The van der Waals surface area contributed by atoms with Crippen molar-refractivity contribution >= 4 is 48.1 Å². The van der Waals surface area contributed by atoms with Gasteiger partial charge in [-0.15, -0.1) is 0 Å². The summed E-state index contributed by atoms with van der Waals surface area (Å²) in [7, 11) is 0. The van der Waals surface area contributed by atoms with Gasteiger partial charge in [0.05, 0.1) is 18.9 Å². The zero-order valence-corrected chi connectivity index (χ0v) is 17.6. The first-order valence-electron chi connectivity index (χ1n) is 8.71. The van der Waals surface area contributed by atoms with Crippen molar-refractivity contribution in [3.05, 3.63) is 18.2 Å². The quantitative estimate of drug-likeness (QED) is 0.172. The van der Waals surface area contributed by atoms with E-state index in [4.69, 9.17) is 5.73 Å². The van der Waals surface area contributed by atoms with Crippen molar-refractivity contribution in [1.82, 2.24) is 25.9 Å². The summed E-state index contributed by atoms with van der Waals surface area (Å²) in [4.78, 5) is 54.5. The van der Waals surface area contributed by atoms with Crippen molar-refractivity contribution in [1.29, 1.82) is 0 Å². The summed E-state index contributed by atoms with van der Waals surface area (Å²) in [5, 5.41) is 16.6. The lowest BCUT2D eigenvalue weighted by Crippen LogP contribution is -2.54. The zero-order valence-electron chi connectivity index (χ0n) is 15.9. The fraction of sp³-hybridized carbons (Fsp3) is 0.562. The zero-order chi connectivity index (χ0) is 21.8. The van der Waals surface area contributed by atoms with Crippen molar-refractivity contribution < 1.29 is 24.3 Å². The molecule has 0 spiro atoms. The fourth-order valence-electron chi connectivity index (χ4n) is 2.22. The third kappa shape index (κ3) is 9.19. The first kappa shape index (κ1) is 24.8. The van der Waals surface area contributed by atoms with E-state index in [2.05, 4.69) is 38.5 Å². The predicted molar refractivity (Wildman–Crippen MR) is 112 cm³/mol. The molecule has 0 saturated heterocycles. The Morgan fingerprint density at radius 1 is 1.28 bits per heavy atom. The number of thioether (sulfide) groups is 1. The van der Waals surface area contributed by atoms with Gasteiger partial charge in [-0.3, -0.25) is 14.4 Å². The Morgan fingerprint density at radius 3 is 2.55 bits per heavy atom. The van der Waals surface area contributed by atoms with E-state index in [9.17, 15) is 24.3 Å². The molecule has 0 fully saturated rings. The minimum atomic E-state index is -1.16. The van der Waals surface area contributed by atoms with E-state index in [0.717, 1.165) is 0 Å². The first-order valence-corrected chi connectivity index (χ1v) is 10.7. The standard InChI is InChI=1S/C16H26N6O5S2/c1-29-3-2-11(16(26)27)22-15(25)12(4-9-5-18-8-20-9)21-13(23)6-19-14(24)10(17)7-28/h5,8,10-12,28H,2-4,6-7,17H2,1H3,(H,18,20)(H,19,24)(H,21,23)(H,22,25)(H,26,27). The number of thiol groups is 1. The number of rotatable bonds is 13. The van der Waals surface area contributed by atoms with Crippen LogP contribution in [0.25, 0.3) is 0 Å². The minimum absolute atomic E-state index is 0.0660. The van der Waals surface area contributed by atoms with Gasteiger partial charge in [-0.05, 0) is 18.4 Å². The molecular weight excluding hydrogens is 420 g/mol. The second-order valence-corrected chi connectivity index (χ2v) is 7.44. The molecule has 0 aliphatic rings. The number of nitrogens with zero attached hydrogens (tertiary/aromatic N) is 1. The average molecular weight is 447 g/mol.